The molecule has 4 heterocycles. The number of rotatable bonds is 37. The number of nitrogens with one attached hydrogen (secondary N) is 4. The van der Waals surface area contributed by atoms with Gasteiger partial charge in [-0.05, 0) is 84.2 Å². The van der Waals surface area contributed by atoms with E-state index < -0.39 is 47.3 Å². The Hall–Kier alpha value is -6.48. The number of cyclic esters (lactones) is 1. The van der Waals surface area contributed by atoms with E-state index in [9.17, 15) is 43.5 Å². The highest BCUT2D eigenvalue weighted by atomic mass is 16.6. The number of pyridine rings is 1. The van der Waals surface area contributed by atoms with Gasteiger partial charge in [0.2, 0.25) is 23.6 Å². The fourth-order valence-electron chi connectivity index (χ4n) is 10.1. The fourth-order valence-corrected chi connectivity index (χ4v) is 10.1. The summed E-state index contributed by atoms with van der Waals surface area (Å²) in [5.41, 5.74) is 3.59. The first-order valence-corrected chi connectivity index (χ1v) is 28.2. The molecule has 0 saturated heterocycles. The molecule has 2 aromatic carbocycles. The van der Waals surface area contributed by atoms with E-state index in [1.165, 1.54) is 12.2 Å². The molecular weight excluding hydrogens is 1070 g/mol. The molecule has 24 heteroatoms. The van der Waals surface area contributed by atoms with Crippen molar-refractivity contribution < 1.29 is 81.3 Å². The van der Waals surface area contributed by atoms with Gasteiger partial charge < -0.3 is 73.6 Å². The lowest BCUT2D eigenvalue weighted by Crippen LogP contribution is -2.53. The lowest BCUT2D eigenvalue weighted by atomic mass is 9.82. The zero-order valence-corrected chi connectivity index (χ0v) is 47.4. The number of carbonyl (C=O) groups is 7. The van der Waals surface area contributed by atoms with Gasteiger partial charge in [-0.25, -0.2) is 4.79 Å². The minimum Gasteiger partial charge on any atom is -0.458 e. The third-order valence-electron chi connectivity index (χ3n) is 14.5. The van der Waals surface area contributed by atoms with Gasteiger partial charge in [-0.3, -0.25) is 38.5 Å². The lowest BCUT2D eigenvalue weighted by Gasteiger charge is -2.31. The second kappa shape index (κ2) is 31.3. The second-order valence-electron chi connectivity index (χ2n) is 20.4. The van der Waals surface area contributed by atoms with E-state index in [2.05, 4.69) is 21.3 Å². The Morgan fingerprint density at radius 1 is 0.659 bits per heavy atom. The molecule has 4 aliphatic rings. The molecule has 3 aromatic rings. The molecule has 448 valence electrons. The van der Waals surface area contributed by atoms with Gasteiger partial charge >= 0.3 is 5.97 Å². The van der Waals surface area contributed by atoms with E-state index in [1.807, 2.05) is 32.0 Å². The Morgan fingerprint density at radius 2 is 1.22 bits per heavy atom. The second-order valence-corrected chi connectivity index (χ2v) is 20.4. The van der Waals surface area contributed by atoms with Crippen LogP contribution in [0, 0.1) is 5.92 Å². The first-order chi connectivity index (χ1) is 39.6. The number of ether oxygens (including phenoxy) is 9. The maximum atomic E-state index is 13.8. The molecule has 82 heavy (non-hydrogen) atoms. The molecule has 0 radical (unpaired) electrons. The van der Waals surface area contributed by atoms with Crippen molar-refractivity contribution in [3.8, 4) is 11.3 Å². The Balaban J connectivity index is 0.676. The molecule has 0 fully saturated rings. The average molecular weight is 1150 g/mol. The van der Waals surface area contributed by atoms with Crippen LogP contribution in [0.1, 0.15) is 81.2 Å². The van der Waals surface area contributed by atoms with Gasteiger partial charge in [0.05, 0.1) is 124 Å². The first-order valence-electron chi connectivity index (χ1n) is 28.2. The molecule has 5 N–H and O–H groups in total. The topological polar surface area (TPSA) is 296 Å². The molecule has 0 spiro atoms. The zero-order valence-electron chi connectivity index (χ0n) is 47.4. The molecule has 1 aliphatic carbocycles. The van der Waals surface area contributed by atoms with Gasteiger partial charge in [0.25, 0.3) is 17.4 Å². The number of carbonyl (C=O) groups excluding carboxylic acids is 7. The minimum absolute atomic E-state index is 0.0211. The molecule has 0 unspecified atom stereocenters. The van der Waals surface area contributed by atoms with Gasteiger partial charge in [-0.2, -0.15) is 0 Å². The summed E-state index contributed by atoms with van der Waals surface area (Å²) in [5, 5.41) is 24.6. The SMILES string of the molecule is CC[C@@]1(O)C(=O)OCc2c1cc1n(c2=O)Cc2c-1cc1ccc(NC(=O)[C@H](C)NC(=O)[C@@H](NC(=O)CCOCCOCCOCCOCCOCCOCCOCCOCCNC(=O)CCN3C(=O)C=CC3=O)C(C)C)c3c1c2CCC3. The van der Waals surface area contributed by atoms with Gasteiger partial charge in [-0.15, -0.1) is 0 Å². The number of fused-ring (bicyclic) bond motifs is 5. The number of imide groups is 1. The van der Waals surface area contributed by atoms with Gasteiger partial charge in [0.15, 0.2) is 5.60 Å². The first kappa shape index (κ1) is 63.1. The number of aromatic nitrogens is 1. The number of anilines is 1. The largest absolute Gasteiger partial charge is 0.458 e. The van der Waals surface area contributed by atoms with Crippen molar-refractivity contribution in [3.05, 3.63) is 74.6 Å². The van der Waals surface area contributed by atoms with Gasteiger partial charge in [0, 0.05) is 54.9 Å². The summed E-state index contributed by atoms with van der Waals surface area (Å²) < 4.78 is 50.9. The Morgan fingerprint density at radius 3 is 1.79 bits per heavy atom. The molecule has 3 atom stereocenters. The smallest absolute Gasteiger partial charge is 0.343 e. The van der Waals surface area contributed by atoms with Crippen molar-refractivity contribution in [1.82, 2.24) is 25.4 Å². The molecule has 6 amide bonds. The highest BCUT2D eigenvalue weighted by molar-refractivity contribution is 6.13. The average Bonchev–Trinajstić information content (AvgIpc) is 1.91. The maximum absolute atomic E-state index is 13.8. The van der Waals surface area contributed by atoms with Gasteiger partial charge in [0.1, 0.15) is 18.7 Å². The van der Waals surface area contributed by atoms with Crippen molar-refractivity contribution in [2.24, 2.45) is 5.92 Å². The maximum Gasteiger partial charge on any atom is 0.343 e. The number of nitrogens with zero attached hydrogens (tertiary/aromatic N) is 2. The Kier molecular flexibility index (Phi) is 24.1. The molecule has 0 bridgehead atoms. The van der Waals surface area contributed by atoms with E-state index in [0.29, 0.717) is 129 Å². The number of aliphatic hydroxyl groups is 1. The number of benzene rings is 2. The normalized spacial score (nSPS) is 16.7. The van der Waals surface area contributed by atoms with Gasteiger partial charge in [-0.1, -0.05) is 26.8 Å². The van der Waals surface area contributed by atoms with Crippen LogP contribution in [0.25, 0.3) is 22.0 Å². The predicted octanol–water partition coefficient (Wildman–Crippen LogP) is 1.71. The number of aryl methyl sites for hydroxylation is 2. The van der Waals surface area contributed by atoms with Crippen molar-refractivity contribution in [3.63, 3.8) is 0 Å². The molecule has 0 saturated carbocycles. The summed E-state index contributed by atoms with van der Waals surface area (Å²) >= 11 is 0. The monoisotopic (exact) mass is 1150 g/mol. The van der Waals surface area contributed by atoms with Crippen molar-refractivity contribution in [2.45, 2.75) is 97.1 Å². The van der Waals surface area contributed by atoms with E-state index in [0.717, 1.165) is 50.8 Å². The van der Waals surface area contributed by atoms with E-state index in [-0.39, 0.29) is 74.5 Å². The molecule has 24 nitrogen and oxygen atoms in total. The Labute approximate surface area is 476 Å². The van der Waals surface area contributed by atoms with Crippen LogP contribution >= 0.6 is 0 Å². The van der Waals surface area contributed by atoms with Crippen LogP contribution in [0.3, 0.4) is 0 Å². The standard InChI is InChI=1S/C58H78N6O18/c1-5-58(73)45-34-47-42-33-39-9-10-46(41-8-6-7-40(52(39)41)43(42)35-64(47)56(71)44(45)36-82-57(58)72)61-54(69)38(4)60-55(70)53(37(2)3)62-49(66)14-17-74-19-21-76-23-25-78-27-29-80-31-32-81-30-28-79-26-24-77-22-20-75-18-15-59-48(65)13-16-63-50(67)11-12-51(63)68/h9-12,33-34,37-38,53,73H,5-8,13-32,35-36H2,1-4H3,(H,59,65)(H,60,70)(H,61,69)(H,62,66)/t38-,53-,58-/m0/s1. The molecule has 7 rings (SSSR count). The number of hydrogen-bond donors (Lipinski definition) is 5. The van der Waals surface area contributed by atoms with Crippen molar-refractivity contribution in [1.29, 1.82) is 0 Å². The van der Waals surface area contributed by atoms with Crippen molar-refractivity contribution >= 4 is 57.9 Å². The summed E-state index contributed by atoms with van der Waals surface area (Å²) in [6.45, 7) is 13.1. The summed E-state index contributed by atoms with van der Waals surface area (Å²) in [6.07, 6.45) is 4.77. The fraction of sp³-hybridized carbons (Fsp3) is 0.586. The third kappa shape index (κ3) is 16.6. The molecule has 1 aromatic heterocycles. The van der Waals surface area contributed by atoms with Crippen LogP contribution in [0.15, 0.2) is 41.2 Å². The third-order valence-corrected chi connectivity index (χ3v) is 14.5. The number of amides is 6. The number of esters is 1. The van der Waals surface area contributed by atoms with Crippen LogP contribution in [-0.2, 0) is 108 Å². The van der Waals surface area contributed by atoms with Crippen LogP contribution in [0.2, 0.25) is 0 Å². The van der Waals surface area contributed by atoms with E-state index >= 15 is 0 Å². The summed E-state index contributed by atoms with van der Waals surface area (Å²) in [4.78, 5) is 102. The lowest BCUT2D eigenvalue weighted by molar-refractivity contribution is -0.172. The van der Waals surface area contributed by atoms with E-state index in [4.69, 9.17) is 42.6 Å². The van der Waals surface area contributed by atoms with E-state index in [1.54, 1.807) is 24.5 Å². The predicted molar refractivity (Wildman–Crippen MR) is 296 cm³/mol. The zero-order chi connectivity index (χ0) is 58.6. The van der Waals surface area contributed by atoms with Crippen LogP contribution < -0.4 is 26.8 Å². The summed E-state index contributed by atoms with van der Waals surface area (Å²) in [6, 6.07) is 5.75. The summed E-state index contributed by atoms with van der Waals surface area (Å²) in [7, 11) is 0. The highest BCUT2D eigenvalue weighted by Crippen LogP contribution is 2.45. The van der Waals surface area contributed by atoms with Crippen LogP contribution in [-0.4, -0.2) is 187 Å². The quantitative estimate of drug-likeness (QED) is 0.0244. The molecule has 3 aliphatic heterocycles. The van der Waals surface area contributed by atoms with Crippen LogP contribution in [0.5, 0.6) is 0 Å². The number of hydrogen-bond acceptors (Lipinski definition) is 18. The minimum atomic E-state index is -1.90. The highest BCUT2D eigenvalue weighted by Gasteiger charge is 2.45. The Bertz CT molecular complexity index is 2840. The molecular formula is C58H78N6O18. The van der Waals surface area contributed by atoms with Crippen LogP contribution in [0.4, 0.5) is 5.69 Å². The van der Waals surface area contributed by atoms with Crippen molar-refractivity contribution in [2.75, 3.05) is 124 Å². The summed E-state index contributed by atoms with van der Waals surface area (Å²) in [5.74, 6) is -3.42.